The van der Waals surface area contributed by atoms with E-state index in [4.69, 9.17) is 9.47 Å². The largest absolute Gasteiger partial charge is 0.480 e. The van der Waals surface area contributed by atoms with E-state index < -0.39 is 76.9 Å². The van der Waals surface area contributed by atoms with Crippen LogP contribution in [-0.4, -0.2) is 87.6 Å². The van der Waals surface area contributed by atoms with Gasteiger partial charge in [0.05, 0.1) is 11.7 Å². The maximum Gasteiger partial charge on any atom is 0.410 e. The van der Waals surface area contributed by atoms with Gasteiger partial charge in [-0.1, -0.05) is 95.0 Å². The van der Waals surface area contributed by atoms with Crippen LogP contribution >= 0.6 is 0 Å². The molecule has 0 saturated carbocycles. The number of carbonyl (C=O) groups is 6. The fourth-order valence-corrected chi connectivity index (χ4v) is 6.86. The van der Waals surface area contributed by atoms with E-state index in [1.54, 1.807) is 32.6 Å². The van der Waals surface area contributed by atoms with E-state index in [0.29, 0.717) is 12.8 Å². The number of nitrogens with one attached hydrogen (secondary N) is 3. The van der Waals surface area contributed by atoms with E-state index in [1.807, 2.05) is 52.0 Å². The summed E-state index contributed by atoms with van der Waals surface area (Å²) in [5.41, 5.74) is 2.91. The number of carboxylic acid groups (broad SMARTS) is 1. The predicted molar refractivity (Wildman–Crippen MR) is 239 cm³/mol. The van der Waals surface area contributed by atoms with E-state index in [0.717, 1.165) is 48.8 Å². The molecule has 0 radical (unpaired) electrons. The normalized spacial score (nSPS) is 14.1. The van der Waals surface area contributed by atoms with Crippen LogP contribution in [0.3, 0.4) is 0 Å². The third-order valence-electron chi connectivity index (χ3n) is 10.0. The van der Waals surface area contributed by atoms with Crippen molar-refractivity contribution in [2.75, 3.05) is 6.54 Å². The zero-order valence-electron chi connectivity index (χ0n) is 38.7. The first-order valence-corrected chi connectivity index (χ1v) is 22.0. The van der Waals surface area contributed by atoms with Crippen molar-refractivity contribution in [1.29, 1.82) is 0 Å². The van der Waals surface area contributed by atoms with Gasteiger partial charge >= 0.3 is 12.1 Å². The molecule has 0 spiro atoms. The lowest BCUT2D eigenvalue weighted by atomic mass is 9.95. The van der Waals surface area contributed by atoms with Gasteiger partial charge in [0.15, 0.2) is 5.78 Å². The van der Waals surface area contributed by atoms with Crippen molar-refractivity contribution in [2.24, 2.45) is 5.92 Å². The molecule has 5 atom stereocenters. The predicted octanol–water partition coefficient (Wildman–Crippen LogP) is 8.15. The van der Waals surface area contributed by atoms with E-state index in [-0.39, 0.29) is 32.4 Å². The summed E-state index contributed by atoms with van der Waals surface area (Å²) in [5.74, 6) is -4.20. The monoisotopic (exact) mass is 851 g/mol. The molecule has 4 amide bonds. The average Bonchev–Trinajstić information content (AvgIpc) is 3.16. The fourth-order valence-electron chi connectivity index (χ4n) is 6.86. The molecule has 0 heterocycles. The summed E-state index contributed by atoms with van der Waals surface area (Å²) in [6.07, 6.45) is 4.75. The Bertz CT molecular complexity index is 1710. The second-order valence-electron chi connectivity index (χ2n) is 18.2. The van der Waals surface area contributed by atoms with Gasteiger partial charge in [0.1, 0.15) is 23.7 Å². The Balaban J connectivity index is 2.24. The van der Waals surface area contributed by atoms with Crippen LogP contribution in [0.1, 0.15) is 145 Å². The van der Waals surface area contributed by atoms with Crippen molar-refractivity contribution in [3.8, 4) is 11.1 Å². The highest BCUT2D eigenvalue weighted by atomic mass is 16.6. The van der Waals surface area contributed by atoms with Gasteiger partial charge in [0.25, 0.3) is 0 Å². The molecule has 4 N–H and O–H groups in total. The van der Waals surface area contributed by atoms with Crippen molar-refractivity contribution in [3.05, 3.63) is 59.7 Å². The van der Waals surface area contributed by atoms with Gasteiger partial charge < -0.3 is 35.4 Å². The van der Waals surface area contributed by atoms with Gasteiger partial charge in [-0.05, 0) is 103 Å². The molecule has 13 nitrogen and oxygen atoms in total. The smallest absolute Gasteiger partial charge is 0.410 e. The summed E-state index contributed by atoms with van der Waals surface area (Å²) >= 11 is 0. The van der Waals surface area contributed by atoms with Gasteiger partial charge in [-0.25, -0.2) is 9.59 Å². The minimum Gasteiger partial charge on any atom is -0.480 e. The molecule has 2 rings (SSSR count). The number of rotatable bonds is 25. The van der Waals surface area contributed by atoms with Crippen molar-refractivity contribution >= 4 is 35.6 Å². The van der Waals surface area contributed by atoms with Crippen molar-refractivity contribution in [3.63, 3.8) is 0 Å². The Morgan fingerprint density at radius 2 is 1.25 bits per heavy atom. The number of hydrogen-bond donors (Lipinski definition) is 4. The number of ether oxygens (including phenoxy) is 2. The summed E-state index contributed by atoms with van der Waals surface area (Å²) in [6, 6.07) is 13.2. The summed E-state index contributed by atoms with van der Waals surface area (Å²) in [6.45, 7) is 19.9. The number of carboxylic acids is 1. The molecular formula is C48H74N4O9. The topological polar surface area (TPSA) is 180 Å². The zero-order chi connectivity index (χ0) is 45.9. The molecule has 0 saturated heterocycles. The second-order valence-corrected chi connectivity index (χ2v) is 18.2. The van der Waals surface area contributed by atoms with Crippen LogP contribution in [-0.2, 0) is 46.4 Å². The van der Waals surface area contributed by atoms with Gasteiger partial charge in [-0.2, -0.15) is 0 Å². The van der Waals surface area contributed by atoms with Gasteiger partial charge in [0.2, 0.25) is 17.7 Å². The maximum absolute atomic E-state index is 13.9. The molecule has 0 aliphatic carbocycles. The first-order valence-electron chi connectivity index (χ1n) is 22.0. The highest BCUT2D eigenvalue weighted by Gasteiger charge is 2.35. The number of Topliss-reactive ketones (excluding diaryl/α,β-unsaturated/α-hetero) is 1. The minimum absolute atomic E-state index is 0.126. The maximum atomic E-state index is 13.9. The second kappa shape index (κ2) is 25.2. The molecule has 0 aliphatic heterocycles. The van der Waals surface area contributed by atoms with Crippen molar-refractivity contribution < 1.29 is 43.3 Å². The number of aryl methyl sites for hydroxylation is 1. The van der Waals surface area contributed by atoms with E-state index >= 15 is 0 Å². The number of aliphatic carboxylic acids is 1. The number of amides is 4. The molecule has 2 aromatic rings. The summed E-state index contributed by atoms with van der Waals surface area (Å²) in [4.78, 5) is 80.2. The lowest BCUT2D eigenvalue weighted by molar-refractivity contribution is -0.143. The molecule has 13 heteroatoms. The number of ketones is 1. The number of benzene rings is 2. The van der Waals surface area contributed by atoms with Crippen molar-refractivity contribution in [1.82, 2.24) is 20.9 Å². The Hall–Kier alpha value is -4.78. The number of hydrogen-bond acceptors (Lipinski definition) is 8. The van der Waals surface area contributed by atoms with Crippen LogP contribution in [0, 0.1) is 5.92 Å². The third kappa shape index (κ3) is 20.1. The highest BCUT2D eigenvalue weighted by molar-refractivity contribution is 5.95. The molecule has 0 aliphatic rings. The lowest BCUT2D eigenvalue weighted by Crippen LogP contribution is -2.56. The molecule has 340 valence electrons. The van der Waals surface area contributed by atoms with E-state index in [2.05, 4.69) is 47.1 Å². The number of unbranched alkanes of at least 4 members (excludes halogenated alkanes) is 3. The Labute approximate surface area is 364 Å². The summed E-state index contributed by atoms with van der Waals surface area (Å²) in [5, 5.41) is 17.7. The van der Waals surface area contributed by atoms with Crippen LogP contribution < -0.4 is 16.0 Å². The molecule has 0 bridgehead atoms. The van der Waals surface area contributed by atoms with Gasteiger partial charge in [-0.15, -0.1) is 0 Å². The summed E-state index contributed by atoms with van der Waals surface area (Å²) in [7, 11) is 0. The van der Waals surface area contributed by atoms with E-state index in [1.165, 1.54) is 19.4 Å². The number of nitrogens with zero attached hydrogens (tertiary/aromatic N) is 1. The fraction of sp³-hybridized carbons (Fsp3) is 0.625. The number of carbonyl (C=O) groups excluding carboxylic acids is 5. The molecular weight excluding hydrogens is 777 g/mol. The molecule has 61 heavy (non-hydrogen) atoms. The molecule has 0 aromatic heterocycles. The Morgan fingerprint density at radius 3 is 1.75 bits per heavy atom. The first-order chi connectivity index (χ1) is 28.5. The standard InChI is InChI=1S/C48H74N4O9/c1-12-14-16-19-40(45(57)58)50-43(55)32(3)30-41(54)42(33(4)60-47(6,7)8)51-44(56)39(49-34(5)53)20-17-29-52(46(59)61-48(9,10)11)31-36-23-27-38(28-24-36)37-25-21-35(22-26-37)18-15-13-2/h21-28,32-33,39-40,42H,12-20,29-31H2,1-11H3,(H,49,53)(H,50,55)(H,51,56)(H,57,58)/t32-,33-,39+,40+,42+/m1/s1. The van der Waals surface area contributed by atoms with Crippen LogP contribution in [0.4, 0.5) is 4.79 Å². The van der Waals surface area contributed by atoms with E-state index in [9.17, 15) is 33.9 Å². The van der Waals surface area contributed by atoms with Crippen LogP contribution in [0.2, 0.25) is 0 Å². The Morgan fingerprint density at radius 1 is 0.689 bits per heavy atom. The summed E-state index contributed by atoms with van der Waals surface area (Å²) < 4.78 is 11.9. The van der Waals surface area contributed by atoms with Crippen molar-refractivity contribution in [2.45, 2.75) is 182 Å². The molecule has 2 aromatic carbocycles. The zero-order valence-corrected chi connectivity index (χ0v) is 38.7. The SMILES string of the molecule is CCCCC[C@H](NC(=O)[C@H](C)CC(=O)[C@@H](NC(=O)[C@H](CCCN(Cc1ccc(-c2ccc(CCCC)cc2)cc1)C(=O)OC(C)(C)C)NC(C)=O)[C@@H](C)OC(C)(C)C)C(=O)O. The first kappa shape index (κ1) is 52.4. The minimum atomic E-state index is -1.20. The molecule has 0 fully saturated rings. The van der Waals surface area contributed by atoms with Gasteiger partial charge in [-0.3, -0.25) is 19.2 Å². The third-order valence-corrected chi connectivity index (χ3v) is 10.0. The average molecular weight is 851 g/mol. The molecule has 0 unspecified atom stereocenters. The highest BCUT2D eigenvalue weighted by Crippen LogP contribution is 2.23. The quantitative estimate of drug-likeness (QED) is 0.0717. The Kier molecular flexibility index (Phi) is 21.7. The van der Waals surface area contributed by atoms with Crippen LogP contribution in [0.25, 0.3) is 11.1 Å². The lowest BCUT2D eigenvalue weighted by Gasteiger charge is -2.32. The van der Waals surface area contributed by atoms with Gasteiger partial charge in [0, 0.05) is 32.4 Å². The van der Waals surface area contributed by atoms with Crippen LogP contribution in [0.5, 0.6) is 0 Å². The van der Waals surface area contributed by atoms with Crippen LogP contribution in [0.15, 0.2) is 48.5 Å².